The zero-order valence-corrected chi connectivity index (χ0v) is 22.7. The number of nitrogens with one attached hydrogen (secondary N) is 1. The third kappa shape index (κ3) is 6.82. The average Bonchev–Trinajstić information content (AvgIpc) is 3.67. The number of hydrogen-bond acceptors (Lipinski definition) is 7. The number of amides is 2. The molecule has 2 aromatic carbocycles. The van der Waals surface area contributed by atoms with Gasteiger partial charge in [0.15, 0.2) is 0 Å². The lowest BCUT2D eigenvalue weighted by atomic mass is 9.94. The van der Waals surface area contributed by atoms with E-state index < -0.39 is 11.9 Å². The third-order valence-corrected chi connectivity index (χ3v) is 7.52. The first-order chi connectivity index (χ1) is 19.5. The minimum atomic E-state index is -0.955. The second kappa shape index (κ2) is 13.0. The smallest absolute Gasteiger partial charge is 0.247 e. The Kier molecular flexibility index (Phi) is 9.00. The van der Waals surface area contributed by atoms with Crippen LogP contribution in [0.1, 0.15) is 56.6 Å². The molecule has 0 spiro atoms. The SMILES string of the molecule is COc1ccc(-c2nnn(CC(=O)N(C[C@@H]3CCCO3)[C@@H](C(=O)NC3CCCCC3)c3ccc(F)cc3)n2)cc1. The van der Waals surface area contributed by atoms with Gasteiger partial charge in [-0.25, -0.2) is 4.39 Å². The van der Waals surface area contributed by atoms with Crippen molar-refractivity contribution in [2.45, 2.75) is 69.7 Å². The van der Waals surface area contributed by atoms with E-state index in [0.29, 0.717) is 23.7 Å². The van der Waals surface area contributed by atoms with Gasteiger partial charge in [0, 0.05) is 24.8 Å². The van der Waals surface area contributed by atoms with Crippen LogP contribution in [0, 0.1) is 5.82 Å². The largest absolute Gasteiger partial charge is 0.497 e. The lowest BCUT2D eigenvalue weighted by molar-refractivity contribution is -0.143. The maximum Gasteiger partial charge on any atom is 0.247 e. The van der Waals surface area contributed by atoms with Gasteiger partial charge in [0.25, 0.3) is 0 Å². The van der Waals surface area contributed by atoms with Crippen LogP contribution in [0.25, 0.3) is 11.4 Å². The predicted octanol–water partition coefficient (Wildman–Crippen LogP) is 3.69. The Morgan fingerprint density at radius 2 is 1.82 bits per heavy atom. The molecule has 10 nitrogen and oxygen atoms in total. The maximum atomic E-state index is 13.9. The van der Waals surface area contributed by atoms with Gasteiger partial charge >= 0.3 is 0 Å². The van der Waals surface area contributed by atoms with Crippen LogP contribution in [0.15, 0.2) is 48.5 Å². The van der Waals surface area contributed by atoms with Crippen LogP contribution in [0.2, 0.25) is 0 Å². The lowest BCUT2D eigenvalue weighted by Gasteiger charge is -2.34. The van der Waals surface area contributed by atoms with Gasteiger partial charge in [-0.1, -0.05) is 31.4 Å². The van der Waals surface area contributed by atoms with E-state index in [-0.39, 0.29) is 37.0 Å². The number of methoxy groups -OCH3 is 1. The number of nitrogens with zero attached hydrogens (tertiary/aromatic N) is 5. The first-order valence-corrected chi connectivity index (χ1v) is 13.9. The molecule has 0 bridgehead atoms. The molecule has 0 unspecified atom stereocenters. The normalized spacial score (nSPS) is 18.3. The van der Waals surface area contributed by atoms with Crippen LogP contribution >= 0.6 is 0 Å². The first-order valence-electron chi connectivity index (χ1n) is 13.9. The van der Waals surface area contributed by atoms with E-state index in [4.69, 9.17) is 9.47 Å². The van der Waals surface area contributed by atoms with Crippen LogP contribution in [0.4, 0.5) is 4.39 Å². The topological polar surface area (TPSA) is 111 Å². The van der Waals surface area contributed by atoms with E-state index in [0.717, 1.165) is 50.5 Å². The molecule has 1 N–H and O–H groups in total. The Hall–Kier alpha value is -3.86. The molecule has 0 radical (unpaired) electrons. The highest BCUT2D eigenvalue weighted by atomic mass is 19.1. The van der Waals surface area contributed by atoms with E-state index in [1.165, 1.54) is 21.8 Å². The van der Waals surface area contributed by atoms with Gasteiger partial charge in [0.1, 0.15) is 24.2 Å². The Balaban J connectivity index is 1.40. The Bertz CT molecular complexity index is 1270. The van der Waals surface area contributed by atoms with Gasteiger partial charge in [-0.15, -0.1) is 10.2 Å². The van der Waals surface area contributed by atoms with Gasteiger partial charge in [-0.3, -0.25) is 9.59 Å². The van der Waals surface area contributed by atoms with Gasteiger partial charge < -0.3 is 19.7 Å². The zero-order chi connectivity index (χ0) is 27.9. The fourth-order valence-corrected chi connectivity index (χ4v) is 5.38. The van der Waals surface area contributed by atoms with Crippen LogP contribution in [0.5, 0.6) is 5.75 Å². The average molecular weight is 551 g/mol. The summed E-state index contributed by atoms with van der Waals surface area (Å²) in [6.45, 7) is 0.612. The standard InChI is InChI=1S/C29H35FN6O4/c1-39-24-15-11-21(12-16-24)28-32-34-36(33-28)19-26(37)35(18-25-8-5-17-40-25)27(20-9-13-22(30)14-10-20)29(38)31-23-6-3-2-4-7-23/h9-16,23,25,27H,2-8,17-19H2,1H3,(H,31,38)/t25-,27+/m0/s1. The number of rotatable bonds is 10. The number of aromatic nitrogens is 4. The molecule has 1 aliphatic heterocycles. The molecule has 1 aliphatic carbocycles. The van der Waals surface area contributed by atoms with E-state index in [1.54, 1.807) is 31.4 Å². The molecule has 2 aliphatic rings. The second-order valence-electron chi connectivity index (χ2n) is 10.4. The molecule has 40 heavy (non-hydrogen) atoms. The van der Waals surface area contributed by atoms with Crippen LogP contribution < -0.4 is 10.1 Å². The molecule has 1 aromatic heterocycles. The summed E-state index contributed by atoms with van der Waals surface area (Å²) >= 11 is 0. The molecular formula is C29H35FN6O4. The summed E-state index contributed by atoms with van der Waals surface area (Å²) < 4.78 is 24.9. The summed E-state index contributed by atoms with van der Waals surface area (Å²) in [5.41, 5.74) is 1.26. The number of tetrazole rings is 1. The molecule has 2 fully saturated rings. The third-order valence-electron chi connectivity index (χ3n) is 7.52. The van der Waals surface area contributed by atoms with E-state index in [2.05, 4.69) is 20.7 Å². The van der Waals surface area contributed by atoms with Gasteiger partial charge in [0.2, 0.25) is 17.6 Å². The molecule has 1 saturated heterocycles. The number of hydrogen-bond donors (Lipinski definition) is 1. The Labute approximate surface area is 232 Å². The van der Waals surface area contributed by atoms with Gasteiger partial charge in [-0.2, -0.15) is 4.80 Å². The highest BCUT2D eigenvalue weighted by Crippen LogP contribution is 2.27. The minimum absolute atomic E-state index is 0.0490. The van der Waals surface area contributed by atoms with Crippen LogP contribution in [-0.2, 0) is 20.9 Å². The predicted molar refractivity (Wildman–Crippen MR) is 145 cm³/mol. The number of benzene rings is 2. The number of halogens is 1. The van der Waals surface area contributed by atoms with Crippen molar-refractivity contribution in [2.24, 2.45) is 0 Å². The van der Waals surface area contributed by atoms with Crippen molar-refractivity contribution in [3.63, 3.8) is 0 Å². The van der Waals surface area contributed by atoms with Crippen molar-refractivity contribution in [3.05, 3.63) is 59.9 Å². The number of ether oxygens (including phenoxy) is 2. The summed E-state index contributed by atoms with van der Waals surface area (Å²) in [5.74, 6) is 0.0170. The van der Waals surface area contributed by atoms with E-state index >= 15 is 0 Å². The second-order valence-corrected chi connectivity index (χ2v) is 10.4. The summed E-state index contributed by atoms with van der Waals surface area (Å²) in [4.78, 5) is 30.4. The Morgan fingerprint density at radius 3 is 2.50 bits per heavy atom. The van der Waals surface area contributed by atoms with Gasteiger partial charge in [-0.05, 0) is 72.9 Å². The summed E-state index contributed by atoms with van der Waals surface area (Å²) in [7, 11) is 1.59. The molecule has 212 valence electrons. The molecule has 2 heterocycles. The van der Waals surface area contributed by atoms with Crippen molar-refractivity contribution >= 4 is 11.8 Å². The molecule has 2 amide bonds. The minimum Gasteiger partial charge on any atom is -0.497 e. The first kappa shape index (κ1) is 27.7. The zero-order valence-electron chi connectivity index (χ0n) is 22.7. The number of carbonyl (C=O) groups is 2. The number of carbonyl (C=O) groups excluding carboxylic acids is 2. The molecule has 5 rings (SSSR count). The molecular weight excluding hydrogens is 515 g/mol. The summed E-state index contributed by atoms with van der Waals surface area (Å²) in [6, 6.07) is 12.0. The fourth-order valence-electron chi connectivity index (χ4n) is 5.38. The monoisotopic (exact) mass is 550 g/mol. The van der Waals surface area contributed by atoms with E-state index in [1.807, 2.05) is 12.1 Å². The van der Waals surface area contributed by atoms with Crippen molar-refractivity contribution in [3.8, 4) is 17.1 Å². The van der Waals surface area contributed by atoms with Crippen molar-refractivity contribution in [1.82, 2.24) is 30.4 Å². The summed E-state index contributed by atoms with van der Waals surface area (Å²) in [6.07, 6.45) is 6.54. The van der Waals surface area contributed by atoms with Crippen molar-refractivity contribution in [1.29, 1.82) is 0 Å². The molecule has 1 saturated carbocycles. The van der Waals surface area contributed by atoms with Crippen LogP contribution in [-0.4, -0.2) is 69.3 Å². The molecule has 11 heteroatoms. The lowest BCUT2D eigenvalue weighted by Crippen LogP contribution is -2.50. The van der Waals surface area contributed by atoms with Gasteiger partial charge in [0.05, 0.1) is 13.2 Å². The highest BCUT2D eigenvalue weighted by molar-refractivity contribution is 5.89. The molecule has 2 atom stereocenters. The molecule has 3 aromatic rings. The van der Waals surface area contributed by atoms with Crippen LogP contribution in [0.3, 0.4) is 0 Å². The fraction of sp³-hybridized carbons (Fsp3) is 0.483. The summed E-state index contributed by atoms with van der Waals surface area (Å²) in [5, 5.41) is 15.8. The quantitative estimate of drug-likeness (QED) is 0.410. The van der Waals surface area contributed by atoms with Crippen molar-refractivity contribution < 1.29 is 23.5 Å². The highest BCUT2D eigenvalue weighted by Gasteiger charge is 2.35. The Morgan fingerprint density at radius 1 is 1.07 bits per heavy atom. The van der Waals surface area contributed by atoms with E-state index in [9.17, 15) is 14.0 Å². The maximum absolute atomic E-state index is 13.9. The van der Waals surface area contributed by atoms with Crippen molar-refractivity contribution in [2.75, 3.05) is 20.3 Å².